The number of aliphatic imine (C=N–C) groups is 1. The second-order valence-corrected chi connectivity index (χ2v) is 11.2. The van der Waals surface area contributed by atoms with Gasteiger partial charge >= 0.3 is 6.18 Å². The lowest BCUT2D eigenvalue weighted by Crippen LogP contribution is -2.14. The van der Waals surface area contributed by atoms with Crippen molar-refractivity contribution in [3.05, 3.63) is 74.7 Å². The van der Waals surface area contributed by atoms with E-state index in [0.717, 1.165) is 26.8 Å². The number of benzene rings is 3. The second-order valence-electron chi connectivity index (χ2n) is 7.13. The van der Waals surface area contributed by atoms with Crippen molar-refractivity contribution in [1.82, 2.24) is 4.98 Å². The first-order valence-electron chi connectivity index (χ1n) is 9.81. The molecule has 1 amide bonds. The van der Waals surface area contributed by atoms with Crippen LogP contribution in [0.15, 0.2) is 72.9 Å². The molecule has 1 aromatic heterocycles. The van der Waals surface area contributed by atoms with Gasteiger partial charge in [-0.05, 0) is 64.5 Å². The first-order valence-corrected chi connectivity index (χ1v) is 13.2. The Kier molecular flexibility index (Phi) is 7.84. The molecule has 0 saturated heterocycles. The number of halogens is 5. The summed E-state index contributed by atoms with van der Waals surface area (Å²) in [7, 11) is 0. The van der Waals surface area contributed by atoms with Crippen LogP contribution >= 0.6 is 55.0 Å². The van der Waals surface area contributed by atoms with Gasteiger partial charge in [-0.15, -0.1) is 11.3 Å². The van der Waals surface area contributed by atoms with Crippen LogP contribution in [-0.4, -0.2) is 28.0 Å². The van der Waals surface area contributed by atoms with Crippen LogP contribution in [0.5, 0.6) is 5.75 Å². The van der Waals surface area contributed by atoms with Crippen molar-refractivity contribution in [3.8, 4) is 5.75 Å². The van der Waals surface area contributed by atoms with Crippen LogP contribution in [0.3, 0.4) is 0 Å². The molecule has 0 aliphatic heterocycles. The molecule has 2 N–H and O–H groups in total. The van der Waals surface area contributed by atoms with Gasteiger partial charge < -0.3 is 10.4 Å². The number of aromatic hydroxyl groups is 1. The third-order valence-corrected chi connectivity index (χ3v) is 7.79. The second kappa shape index (κ2) is 10.7. The molecule has 0 fully saturated rings. The lowest BCUT2D eigenvalue weighted by Gasteiger charge is -2.09. The molecule has 0 aliphatic carbocycles. The molecule has 4 aromatic rings. The van der Waals surface area contributed by atoms with Crippen LogP contribution in [-0.2, 0) is 11.0 Å². The highest BCUT2D eigenvalue weighted by Crippen LogP contribution is 2.34. The van der Waals surface area contributed by atoms with Gasteiger partial charge in [0, 0.05) is 21.9 Å². The zero-order chi connectivity index (χ0) is 25.2. The summed E-state index contributed by atoms with van der Waals surface area (Å²) in [5.74, 6) is -0.352. The third-order valence-electron chi connectivity index (χ3n) is 4.56. The minimum absolute atomic E-state index is 0.00187. The lowest BCUT2D eigenvalue weighted by atomic mass is 10.2. The fourth-order valence-corrected chi connectivity index (χ4v) is 6.12. The average Bonchev–Trinajstić information content (AvgIpc) is 3.21. The number of carbonyl (C=O) groups excluding carboxylic acids is 1. The van der Waals surface area contributed by atoms with Crippen LogP contribution in [0.25, 0.3) is 10.2 Å². The lowest BCUT2D eigenvalue weighted by molar-refractivity contribution is -0.137. The zero-order valence-electron chi connectivity index (χ0n) is 17.4. The van der Waals surface area contributed by atoms with Crippen molar-refractivity contribution in [1.29, 1.82) is 0 Å². The number of alkyl halides is 3. The fraction of sp³-hybridized carbons (Fsp3) is 0.0870. The molecule has 0 atom stereocenters. The highest BCUT2D eigenvalue weighted by molar-refractivity contribution is 9.11. The Bertz CT molecular complexity index is 1440. The number of phenolic OH excluding ortho intramolecular Hbond substituents is 1. The average molecular weight is 645 g/mol. The number of amides is 1. The normalized spacial score (nSPS) is 11.9. The van der Waals surface area contributed by atoms with E-state index in [1.165, 1.54) is 35.2 Å². The van der Waals surface area contributed by atoms with Crippen LogP contribution < -0.4 is 5.32 Å². The molecule has 12 heteroatoms. The van der Waals surface area contributed by atoms with Gasteiger partial charge in [-0.3, -0.25) is 9.79 Å². The van der Waals surface area contributed by atoms with Crippen molar-refractivity contribution in [2.24, 2.45) is 4.99 Å². The van der Waals surface area contributed by atoms with Gasteiger partial charge in [0.15, 0.2) is 4.34 Å². The molecule has 0 saturated carbocycles. The van der Waals surface area contributed by atoms with Crippen LogP contribution in [0.2, 0.25) is 0 Å². The molecule has 4 rings (SSSR count). The summed E-state index contributed by atoms with van der Waals surface area (Å²) in [6.07, 6.45) is -2.92. The van der Waals surface area contributed by atoms with E-state index in [1.807, 2.05) is 12.1 Å². The Hall–Kier alpha value is -2.41. The van der Waals surface area contributed by atoms with E-state index in [2.05, 4.69) is 47.2 Å². The van der Waals surface area contributed by atoms with Gasteiger partial charge in [0.05, 0.1) is 31.7 Å². The SMILES string of the molecule is O=C(CSc1nc2ccc(N=Cc3cc(Br)cc(Br)c3O)cc2s1)Nc1cccc(C(F)(F)F)c1. The van der Waals surface area contributed by atoms with Gasteiger partial charge in [0.25, 0.3) is 0 Å². The van der Waals surface area contributed by atoms with Gasteiger partial charge in [0.2, 0.25) is 5.91 Å². The van der Waals surface area contributed by atoms with E-state index in [0.29, 0.717) is 20.1 Å². The molecule has 0 radical (unpaired) electrons. The summed E-state index contributed by atoms with van der Waals surface area (Å²) in [4.78, 5) is 21.1. The zero-order valence-corrected chi connectivity index (χ0v) is 22.2. The molecule has 0 unspecified atom stereocenters. The van der Waals surface area contributed by atoms with Gasteiger partial charge in [-0.2, -0.15) is 13.2 Å². The van der Waals surface area contributed by atoms with Crippen molar-refractivity contribution in [2.75, 3.05) is 11.1 Å². The Balaban J connectivity index is 1.41. The molecule has 0 aliphatic rings. The Morgan fingerprint density at radius 2 is 1.97 bits per heavy atom. The van der Waals surface area contributed by atoms with Crippen LogP contribution in [0.4, 0.5) is 24.5 Å². The molecule has 180 valence electrons. The van der Waals surface area contributed by atoms with E-state index in [1.54, 1.807) is 24.4 Å². The highest BCUT2D eigenvalue weighted by atomic mass is 79.9. The van der Waals surface area contributed by atoms with Crippen molar-refractivity contribution >= 4 is 88.7 Å². The van der Waals surface area contributed by atoms with E-state index in [-0.39, 0.29) is 17.2 Å². The number of anilines is 1. The molecule has 5 nitrogen and oxygen atoms in total. The maximum Gasteiger partial charge on any atom is 0.416 e. The number of carbonyl (C=O) groups is 1. The van der Waals surface area contributed by atoms with Gasteiger partial charge in [-0.1, -0.05) is 33.8 Å². The van der Waals surface area contributed by atoms with Gasteiger partial charge in [-0.25, -0.2) is 4.98 Å². The highest BCUT2D eigenvalue weighted by Gasteiger charge is 2.30. The fourth-order valence-electron chi connectivity index (χ4n) is 2.96. The smallest absolute Gasteiger partial charge is 0.416 e. The van der Waals surface area contributed by atoms with E-state index in [4.69, 9.17) is 0 Å². The van der Waals surface area contributed by atoms with E-state index < -0.39 is 17.6 Å². The van der Waals surface area contributed by atoms with E-state index >= 15 is 0 Å². The summed E-state index contributed by atoms with van der Waals surface area (Å²) in [6, 6.07) is 13.4. The Morgan fingerprint density at radius 1 is 1.17 bits per heavy atom. The summed E-state index contributed by atoms with van der Waals surface area (Å²) in [5.41, 5.74) is 1.20. The number of hydrogen-bond donors (Lipinski definition) is 2. The quantitative estimate of drug-likeness (QED) is 0.165. The molecule has 3 aromatic carbocycles. The minimum Gasteiger partial charge on any atom is -0.506 e. The maximum absolute atomic E-state index is 12.8. The Morgan fingerprint density at radius 3 is 2.74 bits per heavy atom. The summed E-state index contributed by atoms with van der Waals surface area (Å²) < 4.78 is 41.4. The first kappa shape index (κ1) is 25.7. The standard InChI is InChI=1S/C23H14Br2F3N3O2S2/c24-14-6-12(21(33)17(25)8-14)10-29-15-4-5-18-19(9-15)35-22(31-18)34-11-20(32)30-16-3-1-2-13(7-16)23(26,27)28/h1-10,33H,11H2,(H,30,32). The number of rotatable bonds is 6. The topological polar surface area (TPSA) is 74.6 Å². The van der Waals surface area contributed by atoms with Crippen LogP contribution in [0, 0.1) is 0 Å². The number of phenols is 1. The number of nitrogens with zero attached hydrogens (tertiary/aromatic N) is 2. The third kappa shape index (κ3) is 6.63. The number of thiazole rings is 1. The summed E-state index contributed by atoms with van der Waals surface area (Å²) >= 11 is 9.24. The number of nitrogens with one attached hydrogen (secondary N) is 1. The maximum atomic E-state index is 12.8. The number of thioether (sulfide) groups is 1. The van der Waals surface area contributed by atoms with Crippen molar-refractivity contribution < 1.29 is 23.1 Å². The molecule has 0 spiro atoms. The minimum atomic E-state index is -4.48. The van der Waals surface area contributed by atoms with Crippen LogP contribution in [0.1, 0.15) is 11.1 Å². The summed E-state index contributed by atoms with van der Waals surface area (Å²) in [5, 5.41) is 12.7. The number of fused-ring (bicyclic) bond motifs is 1. The number of hydrogen-bond acceptors (Lipinski definition) is 6. The molecule has 35 heavy (non-hydrogen) atoms. The molecular formula is C23H14Br2F3N3O2S2. The predicted octanol–water partition coefficient (Wildman–Crippen LogP) is 8.03. The van der Waals surface area contributed by atoms with E-state index in [9.17, 15) is 23.1 Å². The predicted molar refractivity (Wildman–Crippen MR) is 141 cm³/mol. The van der Waals surface area contributed by atoms with Gasteiger partial charge in [0.1, 0.15) is 5.75 Å². The largest absolute Gasteiger partial charge is 0.506 e. The van der Waals surface area contributed by atoms with Crippen molar-refractivity contribution in [2.45, 2.75) is 10.5 Å². The molecule has 1 heterocycles. The monoisotopic (exact) mass is 643 g/mol. The Labute approximate surface area is 222 Å². The molecular weight excluding hydrogens is 631 g/mol. The summed E-state index contributed by atoms with van der Waals surface area (Å²) in [6.45, 7) is 0. The molecule has 0 bridgehead atoms. The first-order chi connectivity index (χ1) is 16.6. The van der Waals surface area contributed by atoms with Crippen molar-refractivity contribution in [3.63, 3.8) is 0 Å². The number of aromatic nitrogens is 1.